The molecule has 1 aliphatic carbocycles. The van der Waals surface area contributed by atoms with E-state index in [2.05, 4.69) is 0 Å². The van der Waals surface area contributed by atoms with E-state index in [1.807, 2.05) is 0 Å². The van der Waals surface area contributed by atoms with Crippen LogP contribution < -0.4 is 0 Å². The molecule has 1 fully saturated rings. The second-order valence-electron chi connectivity index (χ2n) is 1.06. The molecule has 46 valence electrons. The first-order valence-electron chi connectivity index (χ1n) is 2.39. The Hall–Kier alpha value is -0.0800. The summed E-state index contributed by atoms with van der Waals surface area (Å²) in [6.07, 6.45) is 4.50. The largest absolute Gasteiger partial charge is 0.400 e. The molecule has 0 bridgehead atoms. The first kappa shape index (κ1) is 10.0. The zero-order valence-electron chi connectivity index (χ0n) is 5.02. The van der Waals surface area contributed by atoms with Crippen molar-refractivity contribution in [2.75, 3.05) is 14.2 Å². The van der Waals surface area contributed by atoms with Crippen molar-refractivity contribution in [3.05, 3.63) is 0 Å². The van der Waals surface area contributed by atoms with Crippen molar-refractivity contribution >= 4 is 0 Å². The van der Waals surface area contributed by atoms with Gasteiger partial charge in [0.25, 0.3) is 0 Å². The van der Waals surface area contributed by atoms with E-state index in [0.29, 0.717) is 0 Å². The minimum atomic E-state index is 1.00. The third-order valence-corrected chi connectivity index (χ3v) is 0.354. The van der Waals surface area contributed by atoms with Crippen molar-refractivity contribution in [3.8, 4) is 0 Å². The van der Waals surface area contributed by atoms with Gasteiger partial charge in [0.1, 0.15) is 0 Å². The van der Waals surface area contributed by atoms with Crippen LogP contribution in [0.25, 0.3) is 0 Å². The average molecular weight is 106 g/mol. The summed E-state index contributed by atoms with van der Waals surface area (Å²) >= 11 is 0. The average Bonchev–Trinajstić information content (AvgIpc) is 2.58. The Morgan fingerprint density at radius 2 is 0.857 bits per heavy atom. The van der Waals surface area contributed by atoms with Crippen LogP contribution in [-0.4, -0.2) is 24.4 Å². The van der Waals surface area contributed by atoms with Crippen LogP contribution >= 0.6 is 0 Å². The number of rotatable bonds is 0. The second kappa shape index (κ2) is 16.8. The summed E-state index contributed by atoms with van der Waals surface area (Å²) in [5.74, 6) is 0. The number of hydrogen-bond donors (Lipinski definition) is 2. The summed E-state index contributed by atoms with van der Waals surface area (Å²) in [5.41, 5.74) is 0. The van der Waals surface area contributed by atoms with Crippen molar-refractivity contribution in [3.63, 3.8) is 0 Å². The molecule has 0 radical (unpaired) electrons. The van der Waals surface area contributed by atoms with Gasteiger partial charge >= 0.3 is 0 Å². The molecule has 7 heavy (non-hydrogen) atoms. The predicted octanol–water partition coefficient (Wildman–Crippen LogP) is 0.387. The zero-order chi connectivity index (χ0) is 6.12. The first-order chi connectivity index (χ1) is 3.50. The summed E-state index contributed by atoms with van der Waals surface area (Å²) in [5, 5.41) is 14.0. The molecule has 0 atom stereocenters. The van der Waals surface area contributed by atoms with Crippen LogP contribution in [0.4, 0.5) is 0 Å². The molecule has 1 saturated carbocycles. The normalized spacial score (nSPS) is 12.0. The van der Waals surface area contributed by atoms with Crippen LogP contribution in [0.3, 0.4) is 0 Å². The molecule has 1 aliphatic rings. The van der Waals surface area contributed by atoms with E-state index in [0.717, 1.165) is 14.2 Å². The molecule has 0 heterocycles. The number of aliphatic hydroxyl groups is 2. The maximum atomic E-state index is 7.00. The summed E-state index contributed by atoms with van der Waals surface area (Å²) < 4.78 is 0. The van der Waals surface area contributed by atoms with Crippen molar-refractivity contribution in [1.82, 2.24) is 0 Å². The molecule has 2 heteroatoms. The molecule has 0 saturated heterocycles. The van der Waals surface area contributed by atoms with E-state index in [9.17, 15) is 0 Å². The quantitative estimate of drug-likeness (QED) is 0.469. The summed E-state index contributed by atoms with van der Waals surface area (Å²) in [6.45, 7) is 0. The van der Waals surface area contributed by atoms with Gasteiger partial charge in [-0.2, -0.15) is 0 Å². The highest BCUT2D eigenvalue weighted by atomic mass is 16.2. The Labute approximate surface area is 44.8 Å². The summed E-state index contributed by atoms with van der Waals surface area (Å²) in [4.78, 5) is 0. The van der Waals surface area contributed by atoms with E-state index in [1.54, 1.807) is 0 Å². The Balaban J connectivity index is 0. The monoisotopic (exact) mass is 106 g/mol. The van der Waals surface area contributed by atoms with E-state index < -0.39 is 0 Å². The van der Waals surface area contributed by atoms with Gasteiger partial charge in [-0.3, -0.25) is 0 Å². The summed E-state index contributed by atoms with van der Waals surface area (Å²) in [7, 11) is 2.00. The van der Waals surface area contributed by atoms with Gasteiger partial charge in [0, 0.05) is 14.2 Å². The van der Waals surface area contributed by atoms with Gasteiger partial charge in [-0.1, -0.05) is 19.3 Å². The van der Waals surface area contributed by atoms with Gasteiger partial charge in [-0.15, -0.1) is 0 Å². The number of aliphatic hydroxyl groups excluding tert-OH is 2. The Bertz CT molecular complexity index is 10.8. The van der Waals surface area contributed by atoms with Gasteiger partial charge in [0.15, 0.2) is 0 Å². The van der Waals surface area contributed by atoms with Crippen LogP contribution in [0.1, 0.15) is 19.3 Å². The lowest BCUT2D eigenvalue weighted by molar-refractivity contribution is 0.399. The Morgan fingerprint density at radius 1 is 0.714 bits per heavy atom. The molecular weight excluding hydrogens is 92.1 g/mol. The van der Waals surface area contributed by atoms with Gasteiger partial charge in [0.05, 0.1) is 0 Å². The maximum absolute atomic E-state index is 7.00. The van der Waals surface area contributed by atoms with Gasteiger partial charge in [-0.25, -0.2) is 0 Å². The topological polar surface area (TPSA) is 40.5 Å². The lowest BCUT2D eigenvalue weighted by Gasteiger charge is -1.21. The van der Waals surface area contributed by atoms with Crippen molar-refractivity contribution in [1.29, 1.82) is 0 Å². The minimum absolute atomic E-state index is 1.00. The highest BCUT2D eigenvalue weighted by Crippen LogP contribution is 2.14. The van der Waals surface area contributed by atoms with E-state index >= 15 is 0 Å². The molecule has 0 unspecified atom stereocenters. The summed E-state index contributed by atoms with van der Waals surface area (Å²) in [6, 6.07) is 0. The molecule has 0 aromatic rings. The maximum Gasteiger partial charge on any atom is 0.0319 e. The predicted molar refractivity (Wildman–Crippen MR) is 30.1 cm³/mol. The molecule has 1 rings (SSSR count). The molecular formula is C5H14O2. The smallest absolute Gasteiger partial charge is 0.0319 e. The molecule has 2 N–H and O–H groups in total. The van der Waals surface area contributed by atoms with E-state index in [4.69, 9.17) is 10.2 Å². The van der Waals surface area contributed by atoms with Gasteiger partial charge in [0.2, 0.25) is 0 Å². The third kappa shape index (κ3) is 107. The Kier molecular flexibility index (Phi) is 24.1. The molecule has 0 aromatic carbocycles. The van der Waals surface area contributed by atoms with Crippen LogP contribution in [0.5, 0.6) is 0 Å². The molecule has 2 nitrogen and oxygen atoms in total. The molecule has 0 amide bonds. The SMILES string of the molecule is C1CC1.CO.CO. The van der Waals surface area contributed by atoms with Crippen LogP contribution in [-0.2, 0) is 0 Å². The fourth-order valence-electron chi connectivity index (χ4n) is 0. The first-order valence-corrected chi connectivity index (χ1v) is 2.39. The third-order valence-electron chi connectivity index (χ3n) is 0.354. The van der Waals surface area contributed by atoms with Crippen LogP contribution in [0.15, 0.2) is 0 Å². The van der Waals surface area contributed by atoms with E-state index in [1.165, 1.54) is 19.3 Å². The fourth-order valence-corrected chi connectivity index (χ4v) is 0. The molecule has 0 aliphatic heterocycles. The van der Waals surface area contributed by atoms with Crippen molar-refractivity contribution in [2.45, 2.75) is 19.3 Å². The second-order valence-corrected chi connectivity index (χ2v) is 1.06. The standard InChI is InChI=1S/C3H6.2CH4O/c1-2-3-1;2*1-2/h1-3H2;2*2H,1H3. The van der Waals surface area contributed by atoms with E-state index in [-0.39, 0.29) is 0 Å². The molecule has 0 aromatic heterocycles. The lowest BCUT2D eigenvalue weighted by atomic mass is 11.0. The minimum Gasteiger partial charge on any atom is -0.400 e. The number of hydrogen-bond acceptors (Lipinski definition) is 2. The zero-order valence-corrected chi connectivity index (χ0v) is 5.02. The van der Waals surface area contributed by atoms with Crippen molar-refractivity contribution in [2.24, 2.45) is 0 Å². The van der Waals surface area contributed by atoms with Crippen LogP contribution in [0, 0.1) is 0 Å². The molecule has 0 spiro atoms. The van der Waals surface area contributed by atoms with Crippen molar-refractivity contribution < 1.29 is 10.2 Å². The highest BCUT2D eigenvalue weighted by molar-refractivity contribution is 4.50. The fraction of sp³-hybridized carbons (Fsp3) is 1.00. The van der Waals surface area contributed by atoms with Gasteiger partial charge in [-0.05, 0) is 0 Å². The van der Waals surface area contributed by atoms with Gasteiger partial charge < -0.3 is 10.2 Å². The van der Waals surface area contributed by atoms with Crippen LogP contribution in [0.2, 0.25) is 0 Å². The Morgan fingerprint density at radius 3 is 0.857 bits per heavy atom. The lowest BCUT2D eigenvalue weighted by Crippen LogP contribution is -1.25. The highest BCUT2D eigenvalue weighted by Gasteiger charge is 1.95.